The Kier molecular flexibility index (Phi) is 3.14. The topological polar surface area (TPSA) is 35.2 Å². The van der Waals surface area contributed by atoms with E-state index in [1.54, 1.807) is 0 Å². The molecular weight excluding hydrogens is 243 g/mol. The molecule has 2 N–H and O–H groups in total. The van der Waals surface area contributed by atoms with Gasteiger partial charge in [-0.2, -0.15) is 0 Å². The standard InChI is InChI=1S/C13H10F3NO/c1-18-8-5-10(15)13(11(16)6-8)7-2-3-12(17)9(14)4-7/h2-6H,17H2,1H3. The van der Waals surface area contributed by atoms with Crippen molar-refractivity contribution in [1.82, 2.24) is 0 Å². The molecule has 5 heteroatoms. The van der Waals surface area contributed by atoms with Crippen LogP contribution in [0.1, 0.15) is 0 Å². The molecule has 2 aromatic carbocycles. The van der Waals surface area contributed by atoms with E-state index in [0.29, 0.717) is 0 Å². The lowest BCUT2D eigenvalue weighted by Crippen LogP contribution is -1.95. The zero-order valence-corrected chi connectivity index (χ0v) is 9.51. The fraction of sp³-hybridized carbons (Fsp3) is 0.0769. The first-order valence-electron chi connectivity index (χ1n) is 5.11. The molecule has 0 spiro atoms. The Labute approximate surface area is 102 Å². The Morgan fingerprint density at radius 1 is 0.944 bits per heavy atom. The third-order valence-electron chi connectivity index (χ3n) is 2.54. The summed E-state index contributed by atoms with van der Waals surface area (Å²) in [7, 11) is 1.30. The van der Waals surface area contributed by atoms with Gasteiger partial charge in [-0.15, -0.1) is 0 Å². The maximum atomic E-state index is 13.7. The van der Waals surface area contributed by atoms with Crippen LogP contribution in [0.2, 0.25) is 0 Å². The number of hydrogen-bond donors (Lipinski definition) is 1. The van der Waals surface area contributed by atoms with Crippen molar-refractivity contribution in [2.24, 2.45) is 0 Å². The number of benzene rings is 2. The average Bonchev–Trinajstić information content (AvgIpc) is 2.32. The molecule has 0 fully saturated rings. The molecule has 0 aromatic heterocycles. The number of halogens is 3. The van der Waals surface area contributed by atoms with Crippen molar-refractivity contribution in [2.75, 3.05) is 12.8 Å². The number of rotatable bonds is 2. The fourth-order valence-electron chi connectivity index (χ4n) is 1.63. The third kappa shape index (κ3) is 2.11. The Bertz CT molecular complexity index is 576. The number of nitrogens with two attached hydrogens (primary N) is 1. The van der Waals surface area contributed by atoms with Gasteiger partial charge in [0.25, 0.3) is 0 Å². The SMILES string of the molecule is COc1cc(F)c(-c2ccc(N)c(F)c2)c(F)c1. The molecule has 0 aliphatic carbocycles. The maximum Gasteiger partial charge on any atom is 0.146 e. The van der Waals surface area contributed by atoms with E-state index in [-0.39, 0.29) is 22.6 Å². The minimum atomic E-state index is -0.823. The van der Waals surface area contributed by atoms with Gasteiger partial charge in [0.05, 0.1) is 18.4 Å². The summed E-state index contributed by atoms with van der Waals surface area (Å²) >= 11 is 0. The lowest BCUT2D eigenvalue weighted by molar-refractivity contribution is 0.407. The molecule has 0 bridgehead atoms. The van der Waals surface area contributed by atoms with E-state index in [2.05, 4.69) is 0 Å². The first-order valence-corrected chi connectivity index (χ1v) is 5.11. The van der Waals surface area contributed by atoms with Gasteiger partial charge in [-0.1, -0.05) is 6.07 Å². The average molecular weight is 253 g/mol. The Balaban J connectivity index is 2.60. The van der Waals surface area contributed by atoms with Crippen LogP contribution in [0.5, 0.6) is 5.75 Å². The second kappa shape index (κ2) is 4.60. The van der Waals surface area contributed by atoms with Crippen LogP contribution in [0, 0.1) is 17.5 Å². The lowest BCUT2D eigenvalue weighted by atomic mass is 10.0. The Morgan fingerprint density at radius 2 is 1.56 bits per heavy atom. The molecule has 2 aromatic rings. The van der Waals surface area contributed by atoms with Gasteiger partial charge in [0, 0.05) is 12.1 Å². The van der Waals surface area contributed by atoms with Crippen molar-refractivity contribution in [3.63, 3.8) is 0 Å². The van der Waals surface area contributed by atoms with Gasteiger partial charge in [0.1, 0.15) is 23.2 Å². The summed E-state index contributed by atoms with van der Waals surface area (Å²) < 4.78 is 45.5. The van der Waals surface area contributed by atoms with Crippen LogP contribution in [0.15, 0.2) is 30.3 Å². The van der Waals surface area contributed by atoms with Gasteiger partial charge in [-0.25, -0.2) is 13.2 Å². The van der Waals surface area contributed by atoms with Crippen molar-refractivity contribution in [2.45, 2.75) is 0 Å². The minimum absolute atomic E-state index is 0.0599. The lowest BCUT2D eigenvalue weighted by Gasteiger charge is -2.08. The van der Waals surface area contributed by atoms with Gasteiger partial charge < -0.3 is 10.5 Å². The number of anilines is 1. The summed E-state index contributed by atoms with van der Waals surface area (Å²) in [6, 6.07) is 5.67. The van der Waals surface area contributed by atoms with Crippen LogP contribution in [-0.4, -0.2) is 7.11 Å². The molecule has 0 heterocycles. The Hall–Kier alpha value is -2.17. The molecule has 0 atom stereocenters. The normalized spacial score (nSPS) is 10.4. The molecule has 0 saturated carbocycles. The summed E-state index contributed by atoms with van der Waals surface area (Å²) in [5.74, 6) is -2.31. The molecule has 0 amide bonds. The predicted octanol–water partition coefficient (Wildman–Crippen LogP) is 3.36. The maximum absolute atomic E-state index is 13.7. The van der Waals surface area contributed by atoms with Gasteiger partial charge >= 0.3 is 0 Å². The first kappa shape index (κ1) is 12.3. The zero-order valence-electron chi connectivity index (χ0n) is 9.51. The van der Waals surface area contributed by atoms with Crippen LogP contribution >= 0.6 is 0 Å². The number of ether oxygens (including phenoxy) is 1. The summed E-state index contributed by atoms with van der Waals surface area (Å²) in [5.41, 5.74) is 5.00. The van der Waals surface area contributed by atoms with Gasteiger partial charge in [0.15, 0.2) is 0 Å². The van der Waals surface area contributed by atoms with Crippen molar-refractivity contribution in [1.29, 1.82) is 0 Å². The highest BCUT2D eigenvalue weighted by atomic mass is 19.1. The van der Waals surface area contributed by atoms with E-state index >= 15 is 0 Å². The molecule has 2 rings (SSSR count). The highest BCUT2D eigenvalue weighted by Gasteiger charge is 2.14. The van der Waals surface area contributed by atoms with E-state index in [1.807, 2.05) is 0 Å². The molecule has 0 unspecified atom stereocenters. The quantitative estimate of drug-likeness (QED) is 0.833. The van der Waals surface area contributed by atoms with Crippen molar-refractivity contribution < 1.29 is 17.9 Å². The van der Waals surface area contributed by atoms with Crippen LogP contribution in [0.4, 0.5) is 18.9 Å². The summed E-state index contributed by atoms with van der Waals surface area (Å²) in [4.78, 5) is 0. The smallest absolute Gasteiger partial charge is 0.146 e. The summed E-state index contributed by atoms with van der Waals surface area (Å²) in [6.07, 6.45) is 0. The Morgan fingerprint density at radius 3 is 2.06 bits per heavy atom. The molecule has 0 saturated heterocycles. The van der Waals surface area contributed by atoms with Crippen molar-refractivity contribution in [3.8, 4) is 16.9 Å². The van der Waals surface area contributed by atoms with Crippen molar-refractivity contribution >= 4 is 5.69 Å². The predicted molar refractivity (Wildman–Crippen MR) is 62.7 cm³/mol. The second-order valence-corrected chi connectivity index (χ2v) is 3.70. The first-order chi connectivity index (χ1) is 8.52. The van der Waals surface area contributed by atoms with Crippen molar-refractivity contribution in [3.05, 3.63) is 47.8 Å². The van der Waals surface area contributed by atoms with Gasteiger partial charge in [-0.3, -0.25) is 0 Å². The number of methoxy groups -OCH3 is 1. The fourth-order valence-corrected chi connectivity index (χ4v) is 1.63. The van der Waals surface area contributed by atoms with Crippen LogP contribution < -0.4 is 10.5 Å². The molecule has 0 radical (unpaired) electrons. The molecule has 0 aliphatic rings. The second-order valence-electron chi connectivity index (χ2n) is 3.70. The largest absolute Gasteiger partial charge is 0.497 e. The zero-order chi connectivity index (χ0) is 13.3. The van der Waals surface area contributed by atoms with Crippen LogP contribution in [-0.2, 0) is 0 Å². The van der Waals surface area contributed by atoms with E-state index in [1.165, 1.54) is 19.2 Å². The summed E-state index contributed by atoms with van der Waals surface area (Å²) in [6.45, 7) is 0. The van der Waals surface area contributed by atoms with Gasteiger partial charge in [0.2, 0.25) is 0 Å². The molecule has 0 aliphatic heterocycles. The van der Waals surface area contributed by atoms with E-state index in [9.17, 15) is 13.2 Å². The highest BCUT2D eigenvalue weighted by Crippen LogP contribution is 2.30. The van der Waals surface area contributed by atoms with E-state index in [0.717, 1.165) is 18.2 Å². The molecule has 2 nitrogen and oxygen atoms in total. The molecule has 18 heavy (non-hydrogen) atoms. The van der Waals surface area contributed by atoms with E-state index < -0.39 is 17.5 Å². The van der Waals surface area contributed by atoms with Gasteiger partial charge in [-0.05, 0) is 17.7 Å². The minimum Gasteiger partial charge on any atom is -0.497 e. The third-order valence-corrected chi connectivity index (χ3v) is 2.54. The van der Waals surface area contributed by atoms with Crippen LogP contribution in [0.25, 0.3) is 11.1 Å². The van der Waals surface area contributed by atoms with Crippen LogP contribution in [0.3, 0.4) is 0 Å². The highest BCUT2D eigenvalue weighted by molar-refractivity contribution is 5.68. The summed E-state index contributed by atoms with van der Waals surface area (Å²) in [5, 5.41) is 0. The van der Waals surface area contributed by atoms with E-state index in [4.69, 9.17) is 10.5 Å². The molecular formula is C13H10F3NO. The molecule has 94 valence electrons. The monoisotopic (exact) mass is 253 g/mol. The number of nitrogen functional groups attached to an aromatic ring is 1. The number of hydrogen-bond acceptors (Lipinski definition) is 2.